The first-order valence-corrected chi connectivity index (χ1v) is 4.50. The number of rotatable bonds is 3. The third-order valence-corrected chi connectivity index (χ3v) is 1.97. The molecule has 1 heteroatoms. The van der Waals surface area contributed by atoms with Gasteiger partial charge >= 0.3 is 0 Å². The van der Waals surface area contributed by atoms with Gasteiger partial charge < -0.3 is 5.32 Å². The highest BCUT2D eigenvalue weighted by Crippen LogP contribution is 2.23. The second kappa shape index (κ2) is 5.02. The van der Waals surface area contributed by atoms with Crippen molar-refractivity contribution in [3.05, 3.63) is 23.9 Å². The third-order valence-electron chi connectivity index (χ3n) is 1.97. The molecule has 0 aromatic heterocycles. The fourth-order valence-electron chi connectivity index (χ4n) is 0.614. The second-order valence-corrected chi connectivity index (χ2v) is 4.05. The zero-order valence-electron chi connectivity index (χ0n) is 8.94. The summed E-state index contributed by atoms with van der Waals surface area (Å²) in [6.45, 7) is 11.8. The van der Waals surface area contributed by atoms with Crippen LogP contribution in [0.5, 0.6) is 0 Å². The van der Waals surface area contributed by atoms with E-state index >= 15 is 0 Å². The highest BCUT2D eigenvalue weighted by Gasteiger charge is 2.11. The van der Waals surface area contributed by atoms with E-state index in [1.165, 1.54) is 5.57 Å². The molecule has 0 fully saturated rings. The molecule has 0 rings (SSSR count). The Kier molecular flexibility index (Phi) is 4.72. The molecule has 12 heavy (non-hydrogen) atoms. The summed E-state index contributed by atoms with van der Waals surface area (Å²) in [5.74, 6) is 0. The van der Waals surface area contributed by atoms with E-state index in [2.05, 4.69) is 45.3 Å². The van der Waals surface area contributed by atoms with Crippen molar-refractivity contribution in [3.63, 3.8) is 0 Å². The Morgan fingerprint density at radius 3 is 2.33 bits per heavy atom. The molecule has 0 bridgehead atoms. The average Bonchev–Trinajstić information content (AvgIpc) is 1.96. The Hall–Kier alpha value is -0.720. The molecule has 1 nitrogen and oxygen atoms in total. The molecule has 70 valence electrons. The van der Waals surface area contributed by atoms with Crippen LogP contribution in [0.25, 0.3) is 0 Å². The van der Waals surface area contributed by atoms with Crippen LogP contribution in [-0.4, -0.2) is 6.54 Å². The molecule has 0 atom stereocenters. The Morgan fingerprint density at radius 2 is 1.92 bits per heavy atom. The van der Waals surface area contributed by atoms with Crippen LogP contribution < -0.4 is 5.32 Å². The number of hydrogen-bond acceptors (Lipinski definition) is 1. The maximum atomic E-state index is 3.24. The average molecular weight is 167 g/mol. The summed E-state index contributed by atoms with van der Waals surface area (Å²) < 4.78 is 0. The van der Waals surface area contributed by atoms with Gasteiger partial charge in [-0.05, 0) is 25.5 Å². The molecule has 1 N–H and O–H groups in total. The van der Waals surface area contributed by atoms with E-state index in [1.54, 1.807) is 0 Å². The minimum atomic E-state index is 0.281. The molecule has 0 aromatic rings. The third kappa shape index (κ3) is 5.00. The molecule has 0 saturated carbocycles. The van der Waals surface area contributed by atoms with Crippen molar-refractivity contribution in [2.45, 2.75) is 34.6 Å². The highest BCUT2D eigenvalue weighted by atomic mass is 14.8. The number of allylic oxidation sites excluding steroid dienone is 2. The van der Waals surface area contributed by atoms with Gasteiger partial charge in [0.05, 0.1) is 0 Å². The quantitative estimate of drug-likeness (QED) is 0.503. The van der Waals surface area contributed by atoms with Crippen molar-refractivity contribution in [1.82, 2.24) is 5.32 Å². The van der Waals surface area contributed by atoms with Gasteiger partial charge in [0, 0.05) is 6.54 Å². The molecular weight excluding hydrogens is 146 g/mol. The van der Waals surface area contributed by atoms with E-state index in [1.807, 2.05) is 13.0 Å². The van der Waals surface area contributed by atoms with Crippen LogP contribution in [0, 0.1) is 5.41 Å². The van der Waals surface area contributed by atoms with Crippen molar-refractivity contribution in [2.24, 2.45) is 5.41 Å². The predicted octanol–water partition coefficient (Wildman–Crippen LogP) is 3.10. The molecule has 0 amide bonds. The van der Waals surface area contributed by atoms with E-state index in [-0.39, 0.29) is 5.41 Å². The summed E-state index contributed by atoms with van der Waals surface area (Å²) in [6.07, 6.45) is 6.25. The monoisotopic (exact) mass is 167 g/mol. The first-order valence-electron chi connectivity index (χ1n) is 4.50. The first kappa shape index (κ1) is 11.3. The Balaban J connectivity index is 3.85. The molecule has 0 aliphatic heterocycles. The summed E-state index contributed by atoms with van der Waals surface area (Å²) in [5.41, 5.74) is 1.66. The van der Waals surface area contributed by atoms with Crippen molar-refractivity contribution in [1.29, 1.82) is 0 Å². The van der Waals surface area contributed by atoms with Crippen LogP contribution in [0.1, 0.15) is 34.6 Å². The molecule has 0 radical (unpaired) electrons. The van der Waals surface area contributed by atoms with Crippen LogP contribution in [0.3, 0.4) is 0 Å². The predicted molar refractivity (Wildman–Crippen MR) is 56.0 cm³/mol. The maximum absolute atomic E-state index is 3.24. The van der Waals surface area contributed by atoms with E-state index in [9.17, 15) is 0 Å². The lowest BCUT2D eigenvalue weighted by Crippen LogP contribution is -2.12. The smallest absolute Gasteiger partial charge is 0.0325 e. The van der Waals surface area contributed by atoms with Crippen molar-refractivity contribution >= 4 is 0 Å². The van der Waals surface area contributed by atoms with Crippen LogP contribution in [0.2, 0.25) is 0 Å². The maximum Gasteiger partial charge on any atom is 0.0325 e. The fraction of sp³-hybridized carbons (Fsp3) is 0.636. The van der Waals surface area contributed by atoms with E-state index < -0.39 is 0 Å². The summed E-state index contributed by atoms with van der Waals surface area (Å²) in [5, 5.41) is 3.24. The highest BCUT2D eigenvalue weighted by molar-refractivity contribution is 5.06. The molecule has 0 spiro atoms. The van der Waals surface area contributed by atoms with Gasteiger partial charge in [-0.1, -0.05) is 38.5 Å². The lowest BCUT2D eigenvalue weighted by atomic mass is 9.88. The lowest BCUT2D eigenvalue weighted by molar-refractivity contribution is 0.500. The summed E-state index contributed by atoms with van der Waals surface area (Å²) >= 11 is 0. The van der Waals surface area contributed by atoms with Crippen LogP contribution in [0.4, 0.5) is 0 Å². The molecular formula is C11H21N. The van der Waals surface area contributed by atoms with Crippen LogP contribution in [0.15, 0.2) is 23.9 Å². The Bertz CT molecular complexity index is 170. The Labute approximate surface area is 76.6 Å². The van der Waals surface area contributed by atoms with Gasteiger partial charge in [-0.15, -0.1) is 0 Å². The second-order valence-electron chi connectivity index (χ2n) is 4.05. The van der Waals surface area contributed by atoms with Crippen LogP contribution in [-0.2, 0) is 0 Å². The molecule has 0 aliphatic rings. The summed E-state index contributed by atoms with van der Waals surface area (Å²) in [6, 6.07) is 0. The number of nitrogens with one attached hydrogen (secondary N) is 1. The van der Waals surface area contributed by atoms with Gasteiger partial charge in [-0.3, -0.25) is 0 Å². The molecule has 0 aromatic carbocycles. The zero-order valence-corrected chi connectivity index (χ0v) is 8.94. The largest absolute Gasteiger partial charge is 0.387 e. The van der Waals surface area contributed by atoms with Gasteiger partial charge in [0.25, 0.3) is 0 Å². The number of hydrogen-bond donors (Lipinski definition) is 1. The van der Waals surface area contributed by atoms with Gasteiger partial charge in [0.15, 0.2) is 0 Å². The first-order chi connectivity index (χ1) is 5.48. The Morgan fingerprint density at radius 1 is 1.33 bits per heavy atom. The molecule has 0 aliphatic carbocycles. The van der Waals surface area contributed by atoms with E-state index in [4.69, 9.17) is 0 Å². The van der Waals surface area contributed by atoms with Crippen molar-refractivity contribution < 1.29 is 0 Å². The minimum absolute atomic E-state index is 0.281. The standard InChI is InChI=1S/C11H21N/c1-6-7-8-12-9-10(2)11(3,4)5/h6-7,9,12H,8H2,1-5H3/b7-6+,10-9+. The molecule has 0 saturated heterocycles. The van der Waals surface area contributed by atoms with Gasteiger partial charge in [-0.2, -0.15) is 0 Å². The van der Waals surface area contributed by atoms with Crippen LogP contribution >= 0.6 is 0 Å². The van der Waals surface area contributed by atoms with Gasteiger partial charge in [-0.25, -0.2) is 0 Å². The van der Waals surface area contributed by atoms with E-state index in [0.717, 1.165) is 6.54 Å². The minimum Gasteiger partial charge on any atom is -0.387 e. The van der Waals surface area contributed by atoms with Crippen molar-refractivity contribution in [3.8, 4) is 0 Å². The fourth-order valence-corrected chi connectivity index (χ4v) is 0.614. The van der Waals surface area contributed by atoms with Crippen molar-refractivity contribution in [2.75, 3.05) is 6.54 Å². The summed E-state index contributed by atoms with van der Waals surface area (Å²) in [7, 11) is 0. The topological polar surface area (TPSA) is 12.0 Å². The zero-order chi connectivity index (χ0) is 9.61. The van der Waals surface area contributed by atoms with Gasteiger partial charge in [0.2, 0.25) is 0 Å². The lowest BCUT2D eigenvalue weighted by Gasteiger charge is -2.19. The SMILES string of the molecule is C/C=C/CN/C=C(\C)C(C)(C)C. The van der Waals surface area contributed by atoms with E-state index in [0.29, 0.717) is 0 Å². The molecule has 0 unspecified atom stereocenters. The summed E-state index contributed by atoms with van der Waals surface area (Å²) in [4.78, 5) is 0. The normalized spacial score (nSPS) is 13.9. The molecule has 0 heterocycles. The van der Waals surface area contributed by atoms with Gasteiger partial charge in [0.1, 0.15) is 0 Å².